The van der Waals surface area contributed by atoms with Gasteiger partial charge >= 0.3 is 0 Å². The first-order chi connectivity index (χ1) is 8.17. The highest BCUT2D eigenvalue weighted by Gasteiger charge is 2.31. The Balaban J connectivity index is 2.31. The fraction of sp³-hybridized carbons (Fsp3) is 0.538. The summed E-state index contributed by atoms with van der Waals surface area (Å²) in [5, 5.41) is 0. The van der Waals surface area contributed by atoms with Crippen molar-refractivity contribution in [2.24, 2.45) is 11.7 Å². The molecule has 2 atom stereocenters. The van der Waals surface area contributed by atoms with Crippen molar-refractivity contribution in [3.63, 3.8) is 0 Å². The zero-order valence-electron chi connectivity index (χ0n) is 10.00. The molecule has 0 bridgehead atoms. The number of nitrogens with zero attached hydrogens (tertiary/aromatic N) is 1. The van der Waals surface area contributed by atoms with Crippen LogP contribution in [0.4, 0.5) is 8.78 Å². The molecule has 0 radical (unpaired) electrons. The number of hydrogen-bond donors (Lipinski definition) is 1. The summed E-state index contributed by atoms with van der Waals surface area (Å²) < 4.78 is 26.4. The van der Waals surface area contributed by atoms with Crippen LogP contribution in [0.1, 0.15) is 23.6 Å². The fourth-order valence-electron chi connectivity index (χ4n) is 2.67. The predicted octanol–water partition coefficient (Wildman–Crippen LogP) is 2.25. The maximum Gasteiger partial charge on any atom is 0.129 e. The van der Waals surface area contributed by atoms with Crippen LogP contribution in [-0.2, 0) is 6.67 Å². The molecule has 1 aliphatic rings. The fourth-order valence-corrected chi connectivity index (χ4v) is 2.67. The van der Waals surface area contributed by atoms with Crippen molar-refractivity contribution < 1.29 is 8.78 Å². The predicted molar refractivity (Wildman–Crippen MR) is 63.7 cm³/mol. The first-order valence-electron chi connectivity index (χ1n) is 5.91. The summed E-state index contributed by atoms with van der Waals surface area (Å²) in [6.07, 6.45) is 0.878. The lowest BCUT2D eigenvalue weighted by atomic mass is 9.96. The summed E-state index contributed by atoms with van der Waals surface area (Å²) in [6.45, 7) is 0.768. The molecule has 0 saturated carbocycles. The molecule has 17 heavy (non-hydrogen) atoms. The Labute approximate surface area is 100 Å². The molecule has 1 saturated heterocycles. The number of likely N-dealkylation sites (tertiary alicyclic amines) is 1. The monoisotopic (exact) mass is 240 g/mol. The van der Waals surface area contributed by atoms with Crippen LogP contribution in [0, 0.1) is 11.7 Å². The average molecular weight is 240 g/mol. The lowest BCUT2D eigenvalue weighted by Crippen LogP contribution is -2.21. The minimum absolute atomic E-state index is 0.0880. The van der Waals surface area contributed by atoms with E-state index in [0.29, 0.717) is 12.5 Å². The number of nitrogens with two attached hydrogens (primary N) is 1. The number of halogens is 2. The minimum atomic E-state index is -0.750. The smallest absolute Gasteiger partial charge is 0.129 e. The summed E-state index contributed by atoms with van der Waals surface area (Å²) in [5.41, 5.74) is 6.63. The zero-order chi connectivity index (χ0) is 12.4. The van der Waals surface area contributed by atoms with Crippen molar-refractivity contribution in [1.29, 1.82) is 0 Å². The van der Waals surface area contributed by atoms with Crippen LogP contribution in [0.3, 0.4) is 0 Å². The van der Waals surface area contributed by atoms with Gasteiger partial charge in [0.2, 0.25) is 0 Å². The molecular weight excluding hydrogens is 222 g/mol. The summed E-state index contributed by atoms with van der Waals surface area (Å²) in [4.78, 5) is 2.13. The van der Waals surface area contributed by atoms with Crippen molar-refractivity contribution >= 4 is 0 Å². The highest BCUT2D eigenvalue weighted by molar-refractivity contribution is 5.31. The Morgan fingerprint density at radius 2 is 2.24 bits per heavy atom. The van der Waals surface area contributed by atoms with Crippen LogP contribution in [0.25, 0.3) is 0 Å². The van der Waals surface area contributed by atoms with Crippen molar-refractivity contribution in [3.8, 4) is 0 Å². The Kier molecular flexibility index (Phi) is 3.74. The molecule has 1 aromatic rings. The summed E-state index contributed by atoms with van der Waals surface area (Å²) in [5.74, 6) is -0.0321. The minimum Gasteiger partial charge on any atom is -0.330 e. The van der Waals surface area contributed by atoms with E-state index in [4.69, 9.17) is 5.73 Å². The Bertz CT molecular complexity index is 395. The van der Waals surface area contributed by atoms with E-state index < -0.39 is 12.5 Å². The van der Waals surface area contributed by atoms with Crippen LogP contribution in [0.5, 0.6) is 0 Å². The number of rotatable bonds is 3. The van der Waals surface area contributed by atoms with Crippen LogP contribution in [-0.4, -0.2) is 25.0 Å². The first-order valence-corrected chi connectivity index (χ1v) is 5.91. The molecule has 0 spiro atoms. The van der Waals surface area contributed by atoms with Crippen LogP contribution in [0.15, 0.2) is 18.2 Å². The van der Waals surface area contributed by atoms with Gasteiger partial charge in [-0.25, -0.2) is 8.78 Å². The molecule has 94 valence electrons. The van der Waals surface area contributed by atoms with Gasteiger partial charge in [-0.15, -0.1) is 0 Å². The normalized spacial score (nSPS) is 25.4. The van der Waals surface area contributed by atoms with Crippen molar-refractivity contribution in [2.45, 2.75) is 19.1 Å². The van der Waals surface area contributed by atoms with Gasteiger partial charge in [-0.2, -0.15) is 0 Å². The SMILES string of the molecule is CN1CC(CN)CC1c1cccc(F)c1CF. The van der Waals surface area contributed by atoms with Gasteiger partial charge in [0, 0.05) is 18.2 Å². The second-order valence-corrected chi connectivity index (χ2v) is 4.73. The summed E-state index contributed by atoms with van der Waals surface area (Å²) in [6, 6.07) is 4.87. The molecule has 2 unspecified atom stereocenters. The molecule has 1 aliphatic heterocycles. The van der Waals surface area contributed by atoms with Gasteiger partial charge in [-0.3, -0.25) is 4.90 Å². The molecule has 1 aromatic carbocycles. The second-order valence-electron chi connectivity index (χ2n) is 4.73. The first kappa shape index (κ1) is 12.5. The molecule has 0 aliphatic carbocycles. The highest BCUT2D eigenvalue weighted by Crippen LogP contribution is 2.36. The van der Waals surface area contributed by atoms with Gasteiger partial charge in [0.25, 0.3) is 0 Å². The van der Waals surface area contributed by atoms with Gasteiger partial charge in [0.05, 0.1) is 0 Å². The topological polar surface area (TPSA) is 29.3 Å². The average Bonchev–Trinajstić information content (AvgIpc) is 2.70. The van der Waals surface area contributed by atoms with Gasteiger partial charge in [-0.05, 0) is 37.6 Å². The molecule has 1 fully saturated rings. The van der Waals surface area contributed by atoms with E-state index in [1.807, 2.05) is 13.1 Å². The molecule has 2 nitrogen and oxygen atoms in total. The summed E-state index contributed by atoms with van der Waals surface area (Å²) >= 11 is 0. The third-order valence-electron chi connectivity index (χ3n) is 3.62. The van der Waals surface area contributed by atoms with Crippen LogP contribution in [0.2, 0.25) is 0 Å². The Morgan fingerprint density at radius 1 is 1.47 bits per heavy atom. The maximum atomic E-state index is 13.5. The third kappa shape index (κ3) is 2.33. The van der Waals surface area contributed by atoms with Crippen LogP contribution < -0.4 is 5.73 Å². The Hall–Kier alpha value is -1.00. The third-order valence-corrected chi connectivity index (χ3v) is 3.62. The van der Waals surface area contributed by atoms with E-state index >= 15 is 0 Å². The van der Waals surface area contributed by atoms with Gasteiger partial charge in [0.1, 0.15) is 12.5 Å². The highest BCUT2D eigenvalue weighted by atomic mass is 19.1. The van der Waals surface area contributed by atoms with E-state index in [0.717, 1.165) is 18.5 Å². The van der Waals surface area contributed by atoms with E-state index in [9.17, 15) is 8.78 Å². The Morgan fingerprint density at radius 3 is 2.82 bits per heavy atom. The number of alkyl halides is 1. The molecular formula is C13H18F2N2. The summed E-state index contributed by atoms with van der Waals surface area (Å²) in [7, 11) is 1.98. The van der Waals surface area contributed by atoms with Crippen molar-refractivity contribution in [1.82, 2.24) is 4.90 Å². The lowest BCUT2D eigenvalue weighted by molar-refractivity contribution is 0.308. The largest absolute Gasteiger partial charge is 0.330 e. The molecule has 2 N–H and O–H groups in total. The molecule has 0 amide bonds. The van der Waals surface area contributed by atoms with Gasteiger partial charge in [0.15, 0.2) is 0 Å². The quantitative estimate of drug-likeness (QED) is 0.878. The standard InChI is InChI=1S/C13H18F2N2/c1-17-8-9(7-16)5-13(17)10-3-2-4-12(15)11(10)6-14/h2-4,9,13H,5-8,16H2,1H3. The van der Waals surface area contributed by atoms with E-state index in [1.54, 1.807) is 6.07 Å². The molecule has 4 heteroatoms. The zero-order valence-corrected chi connectivity index (χ0v) is 10.00. The van der Waals surface area contributed by atoms with E-state index in [2.05, 4.69) is 4.90 Å². The number of benzene rings is 1. The molecule has 1 heterocycles. The number of hydrogen-bond acceptors (Lipinski definition) is 2. The van der Waals surface area contributed by atoms with Gasteiger partial charge in [-0.1, -0.05) is 12.1 Å². The molecule has 0 aromatic heterocycles. The van der Waals surface area contributed by atoms with E-state index in [-0.39, 0.29) is 11.6 Å². The van der Waals surface area contributed by atoms with Crippen molar-refractivity contribution in [3.05, 3.63) is 35.1 Å². The van der Waals surface area contributed by atoms with E-state index in [1.165, 1.54) is 6.07 Å². The lowest BCUT2D eigenvalue weighted by Gasteiger charge is -2.21. The molecule has 2 rings (SSSR count). The van der Waals surface area contributed by atoms with Gasteiger partial charge < -0.3 is 5.73 Å². The second kappa shape index (κ2) is 5.10. The van der Waals surface area contributed by atoms with Crippen LogP contribution >= 0.6 is 0 Å². The maximum absolute atomic E-state index is 13.5. The van der Waals surface area contributed by atoms with Crippen molar-refractivity contribution in [2.75, 3.05) is 20.1 Å².